The molecule has 3 nitrogen and oxygen atoms in total. The zero-order valence-electron chi connectivity index (χ0n) is 10.1. The van der Waals surface area contributed by atoms with Crippen molar-refractivity contribution in [3.8, 4) is 0 Å². The predicted molar refractivity (Wildman–Crippen MR) is 67.6 cm³/mol. The van der Waals surface area contributed by atoms with Gasteiger partial charge in [0.2, 0.25) is 0 Å². The molecule has 0 bridgehead atoms. The molecule has 1 fully saturated rings. The van der Waals surface area contributed by atoms with Crippen LogP contribution in [-0.4, -0.2) is 18.1 Å². The molecule has 0 amide bonds. The van der Waals surface area contributed by atoms with Crippen molar-refractivity contribution in [1.82, 2.24) is 4.98 Å². The lowest BCUT2D eigenvalue weighted by Crippen LogP contribution is -2.20. The first-order chi connectivity index (χ1) is 7.83. The van der Waals surface area contributed by atoms with Gasteiger partial charge < -0.3 is 10.6 Å². The normalized spacial score (nSPS) is 15.8. The van der Waals surface area contributed by atoms with Gasteiger partial charge in [0, 0.05) is 25.3 Å². The van der Waals surface area contributed by atoms with Gasteiger partial charge in [-0.2, -0.15) is 0 Å². The summed E-state index contributed by atoms with van der Waals surface area (Å²) in [4.78, 5) is 7.10. The summed E-state index contributed by atoms with van der Waals surface area (Å²) in [5.41, 5.74) is 8.13. The second-order valence-corrected chi connectivity index (χ2v) is 4.47. The third kappa shape index (κ3) is 2.53. The Hall–Kier alpha value is -1.09. The van der Waals surface area contributed by atoms with Gasteiger partial charge in [-0.25, -0.2) is 4.98 Å². The average molecular weight is 219 g/mol. The number of anilines is 1. The lowest BCUT2D eigenvalue weighted by atomic mass is 10.1. The molecule has 1 aliphatic rings. The van der Waals surface area contributed by atoms with E-state index in [1.807, 2.05) is 0 Å². The number of aromatic nitrogens is 1. The molecule has 0 unspecified atom stereocenters. The highest BCUT2D eigenvalue weighted by atomic mass is 15.2. The summed E-state index contributed by atoms with van der Waals surface area (Å²) in [5, 5.41) is 0. The molecule has 1 aromatic rings. The van der Waals surface area contributed by atoms with E-state index in [0.717, 1.165) is 31.7 Å². The summed E-state index contributed by atoms with van der Waals surface area (Å²) in [6.07, 6.45) is 4.77. The first kappa shape index (κ1) is 11.4. The SMILES string of the molecule is CCCc1cc(CN)cc(N2CCCC2)n1. The van der Waals surface area contributed by atoms with Gasteiger partial charge in [-0.3, -0.25) is 0 Å². The Labute approximate surface area is 97.7 Å². The summed E-state index contributed by atoms with van der Waals surface area (Å²) in [5.74, 6) is 1.13. The third-order valence-electron chi connectivity index (χ3n) is 3.10. The van der Waals surface area contributed by atoms with Gasteiger partial charge in [0.1, 0.15) is 5.82 Å². The van der Waals surface area contributed by atoms with Crippen LogP contribution < -0.4 is 10.6 Å². The molecule has 1 aromatic heterocycles. The van der Waals surface area contributed by atoms with E-state index in [2.05, 4.69) is 24.0 Å². The average Bonchev–Trinajstić information content (AvgIpc) is 2.82. The van der Waals surface area contributed by atoms with Crippen LogP contribution in [0.3, 0.4) is 0 Å². The van der Waals surface area contributed by atoms with Gasteiger partial charge in [-0.1, -0.05) is 13.3 Å². The van der Waals surface area contributed by atoms with Gasteiger partial charge in [-0.05, 0) is 37.0 Å². The molecule has 0 spiro atoms. The number of aryl methyl sites for hydroxylation is 1. The van der Waals surface area contributed by atoms with E-state index in [4.69, 9.17) is 10.7 Å². The zero-order chi connectivity index (χ0) is 11.4. The van der Waals surface area contributed by atoms with E-state index in [0.29, 0.717) is 6.54 Å². The molecular weight excluding hydrogens is 198 g/mol. The maximum atomic E-state index is 5.74. The van der Waals surface area contributed by atoms with Crippen LogP contribution in [0.25, 0.3) is 0 Å². The van der Waals surface area contributed by atoms with Gasteiger partial charge in [0.25, 0.3) is 0 Å². The Kier molecular flexibility index (Phi) is 3.78. The highest BCUT2D eigenvalue weighted by Crippen LogP contribution is 2.20. The van der Waals surface area contributed by atoms with Gasteiger partial charge in [0.05, 0.1) is 0 Å². The number of nitrogens with two attached hydrogens (primary N) is 1. The number of nitrogens with zero attached hydrogens (tertiary/aromatic N) is 2. The topological polar surface area (TPSA) is 42.1 Å². The Balaban J connectivity index is 2.24. The van der Waals surface area contributed by atoms with Crippen molar-refractivity contribution in [2.24, 2.45) is 5.73 Å². The Morgan fingerprint density at radius 3 is 2.69 bits per heavy atom. The van der Waals surface area contributed by atoms with Crippen LogP contribution in [0.1, 0.15) is 37.4 Å². The van der Waals surface area contributed by atoms with Crippen molar-refractivity contribution in [2.45, 2.75) is 39.2 Å². The van der Waals surface area contributed by atoms with E-state index in [9.17, 15) is 0 Å². The fourth-order valence-corrected chi connectivity index (χ4v) is 2.24. The van der Waals surface area contributed by atoms with Crippen LogP contribution in [0.4, 0.5) is 5.82 Å². The van der Waals surface area contributed by atoms with Gasteiger partial charge in [0.15, 0.2) is 0 Å². The van der Waals surface area contributed by atoms with Crippen molar-refractivity contribution in [2.75, 3.05) is 18.0 Å². The smallest absolute Gasteiger partial charge is 0.129 e. The highest BCUT2D eigenvalue weighted by Gasteiger charge is 2.14. The molecule has 2 rings (SSSR count). The minimum Gasteiger partial charge on any atom is -0.357 e. The van der Waals surface area contributed by atoms with Crippen LogP contribution in [0.5, 0.6) is 0 Å². The minimum atomic E-state index is 0.611. The molecule has 0 radical (unpaired) electrons. The predicted octanol–water partition coefficient (Wildman–Crippen LogP) is 2.09. The molecule has 2 heterocycles. The molecule has 88 valence electrons. The van der Waals surface area contributed by atoms with E-state index in [1.165, 1.54) is 24.1 Å². The molecule has 3 heteroatoms. The second kappa shape index (κ2) is 5.30. The molecule has 0 aliphatic carbocycles. The van der Waals surface area contributed by atoms with E-state index >= 15 is 0 Å². The Bertz CT molecular complexity index is 343. The quantitative estimate of drug-likeness (QED) is 0.843. The van der Waals surface area contributed by atoms with Crippen LogP contribution >= 0.6 is 0 Å². The fourth-order valence-electron chi connectivity index (χ4n) is 2.24. The molecule has 1 saturated heterocycles. The maximum absolute atomic E-state index is 5.74. The van der Waals surface area contributed by atoms with Crippen molar-refractivity contribution >= 4 is 5.82 Å². The summed E-state index contributed by atoms with van der Waals surface area (Å²) in [6.45, 7) is 5.09. The lowest BCUT2D eigenvalue weighted by Gasteiger charge is -2.18. The van der Waals surface area contributed by atoms with Gasteiger partial charge >= 0.3 is 0 Å². The number of hydrogen-bond donors (Lipinski definition) is 1. The van der Waals surface area contributed by atoms with Crippen molar-refractivity contribution in [1.29, 1.82) is 0 Å². The van der Waals surface area contributed by atoms with E-state index in [1.54, 1.807) is 0 Å². The van der Waals surface area contributed by atoms with Crippen molar-refractivity contribution < 1.29 is 0 Å². The molecule has 0 aromatic carbocycles. The van der Waals surface area contributed by atoms with Crippen molar-refractivity contribution in [3.05, 3.63) is 23.4 Å². The highest BCUT2D eigenvalue weighted by molar-refractivity contribution is 5.43. The lowest BCUT2D eigenvalue weighted by molar-refractivity contribution is 0.852. The third-order valence-corrected chi connectivity index (χ3v) is 3.10. The largest absolute Gasteiger partial charge is 0.357 e. The fraction of sp³-hybridized carbons (Fsp3) is 0.615. The van der Waals surface area contributed by atoms with Crippen LogP contribution in [-0.2, 0) is 13.0 Å². The molecular formula is C13H21N3. The molecule has 0 atom stereocenters. The summed E-state index contributed by atoms with van der Waals surface area (Å²) in [7, 11) is 0. The summed E-state index contributed by atoms with van der Waals surface area (Å²) in [6, 6.07) is 4.29. The number of rotatable bonds is 4. The standard InChI is InChI=1S/C13H21N3/c1-2-5-12-8-11(10-14)9-13(15-12)16-6-3-4-7-16/h8-9H,2-7,10,14H2,1H3. The van der Waals surface area contributed by atoms with Crippen LogP contribution in [0.2, 0.25) is 0 Å². The number of hydrogen-bond acceptors (Lipinski definition) is 3. The summed E-state index contributed by atoms with van der Waals surface area (Å²) >= 11 is 0. The van der Waals surface area contributed by atoms with Crippen molar-refractivity contribution in [3.63, 3.8) is 0 Å². The molecule has 0 saturated carbocycles. The van der Waals surface area contributed by atoms with Gasteiger partial charge in [-0.15, -0.1) is 0 Å². The van der Waals surface area contributed by atoms with E-state index < -0.39 is 0 Å². The first-order valence-electron chi connectivity index (χ1n) is 6.28. The van der Waals surface area contributed by atoms with Crippen LogP contribution in [0.15, 0.2) is 12.1 Å². The molecule has 1 aliphatic heterocycles. The van der Waals surface area contributed by atoms with Crippen LogP contribution in [0, 0.1) is 0 Å². The molecule has 2 N–H and O–H groups in total. The summed E-state index contributed by atoms with van der Waals surface area (Å²) < 4.78 is 0. The molecule has 16 heavy (non-hydrogen) atoms. The Morgan fingerprint density at radius 2 is 2.06 bits per heavy atom. The van der Waals surface area contributed by atoms with E-state index in [-0.39, 0.29) is 0 Å². The maximum Gasteiger partial charge on any atom is 0.129 e. The number of pyridine rings is 1. The zero-order valence-corrected chi connectivity index (χ0v) is 10.1. The second-order valence-electron chi connectivity index (χ2n) is 4.47. The monoisotopic (exact) mass is 219 g/mol. The first-order valence-corrected chi connectivity index (χ1v) is 6.28. The Morgan fingerprint density at radius 1 is 1.31 bits per heavy atom. The minimum absolute atomic E-state index is 0.611.